The second kappa shape index (κ2) is 7.78. The third kappa shape index (κ3) is 3.70. The summed E-state index contributed by atoms with van der Waals surface area (Å²) in [6.07, 6.45) is 2.63. The Bertz CT molecular complexity index is 701. The molecule has 0 unspecified atom stereocenters. The summed E-state index contributed by atoms with van der Waals surface area (Å²) in [5, 5.41) is 1.34. The van der Waals surface area contributed by atoms with Crippen LogP contribution in [0.2, 0.25) is 5.32 Å². The molecular formula is C20H20SSe. The van der Waals surface area contributed by atoms with Crippen molar-refractivity contribution < 1.29 is 0 Å². The molecule has 0 aliphatic carbocycles. The van der Waals surface area contributed by atoms with Crippen LogP contribution >= 0.6 is 11.3 Å². The fraction of sp³-hybridized carbons (Fsp3) is 0.200. The van der Waals surface area contributed by atoms with Crippen LogP contribution in [0, 0.1) is 0 Å². The van der Waals surface area contributed by atoms with Crippen LogP contribution in [0.3, 0.4) is 0 Å². The molecule has 0 spiro atoms. The van der Waals surface area contributed by atoms with Gasteiger partial charge in [0.25, 0.3) is 0 Å². The number of hydrogen-bond donors (Lipinski definition) is 0. The summed E-state index contributed by atoms with van der Waals surface area (Å²) in [6, 6.07) is 24.0. The molecule has 0 atom stereocenters. The fourth-order valence-corrected chi connectivity index (χ4v) is 6.46. The molecule has 0 saturated heterocycles. The number of hydrogen-bond acceptors (Lipinski definition) is 1. The number of benzene rings is 2. The van der Waals surface area contributed by atoms with Crippen LogP contribution < -0.4 is 4.46 Å². The first kappa shape index (κ1) is 15.6. The summed E-state index contributed by atoms with van der Waals surface area (Å²) in [5.41, 5.74) is 2.70. The normalized spacial score (nSPS) is 10.8. The Morgan fingerprint density at radius 2 is 1.50 bits per heavy atom. The average Bonchev–Trinajstić information content (AvgIpc) is 3.01. The van der Waals surface area contributed by atoms with Crippen molar-refractivity contribution in [2.75, 3.05) is 0 Å². The van der Waals surface area contributed by atoms with Gasteiger partial charge in [-0.2, -0.15) is 0 Å². The van der Waals surface area contributed by atoms with Crippen LogP contribution in [0.25, 0.3) is 20.9 Å². The quantitative estimate of drug-likeness (QED) is 0.389. The SMILES string of the molecule is CCCC[Se]c1cc(-c2ccccc2)sc1-c1ccccc1. The van der Waals surface area contributed by atoms with E-state index in [-0.39, 0.29) is 0 Å². The first-order valence-electron chi connectivity index (χ1n) is 7.76. The molecule has 22 heavy (non-hydrogen) atoms. The zero-order valence-electron chi connectivity index (χ0n) is 12.8. The van der Waals surface area contributed by atoms with Crippen LogP contribution in [0.4, 0.5) is 0 Å². The zero-order valence-corrected chi connectivity index (χ0v) is 15.3. The van der Waals surface area contributed by atoms with E-state index in [1.165, 1.54) is 39.0 Å². The molecule has 0 amide bonds. The van der Waals surface area contributed by atoms with Crippen molar-refractivity contribution in [1.29, 1.82) is 0 Å². The molecule has 0 nitrogen and oxygen atoms in total. The van der Waals surface area contributed by atoms with E-state index in [0.29, 0.717) is 15.0 Å². The monoisotopic (exact) mass is 372 g/mol. The van der Waals surface area contributed by atoms with Crippen molar-refractivity contribution in [1.82, 2.24) is 0 Å². The van der Waals surface area contributed by atoms with Gasteiger partial charge >= 0.3 is 143 Å². The second-order valence-electron chi connectivity index (χ2n) is 5.24. The van der Waals surface area contributed by atoms with Gasteiger partial charge in [-0.3, -0.25) is 0 Å². The Morgan fingerprint density at radius 1 is 0.864 bits per heavy atom. The molecule has 0 fully saturated rings. The molecule has 0 radical (unpaired) electrons. The predicted octanol–water partition coefficient (Wildman–Crippen LogP) is 5.63. The summed E-state index contributed by atoms with van der Waals surface area (Å²) >= 11 is 2.51. The van der Waals surface area contributed by atoms with E-state index in [4.69, 9.17) is 0 Å². The molecule has 0 aliphatic rings. The maximum atomic E-state index is 2.43. The second-order valence-corrected chi connectivity index (χ2v) is 8.68. The van der Waals surface area contributed by atoms with E-state index in [1.807, 2.05) is 11.3 Å². The van der Waals surface area contributed by atoms with Crippen LogP contribution in [0.5, 0.6) is 0 Å². The molecular weight excluding hydrogens is 351 g/mol. The van der Waals surface area contributed by atoms with Crippen molar-refractivity contribution in [3.05, 3.63) is 66.7 Å². The fourth-order valence-electron chi connectivity index (χ4n) is 2.34. The van der Waals surface area contributed by atoms with Gasteiger partial charge in [-0.15, -0.1) is 0 Å². The van der Waals surface area contributed by atoms with Gasteiger partial charge in [0.1, 0.15) is 0 Å². The molecule has 0 N–H and O–H groups in total. The van der Waals surface area contributed by atoms with Gasteiger partial charge in [0.15, 0.2) is 0 Å². The van der Waals surface area contributed by atoms with Gasteiger partial charge in [0, 0.05) is 0 Å². The van der Waals surface area contributed by atoms with E-state index in [9.17, 15) is 0 Å². The Morgan fingerprint density at radius 3 is 2.14 bits per heavy atom. The number of unbranched alkanes of at least 4 members (excludes halogenated alkanes) is 1. The molecule has 2 heteroatoms. The van der Waals surface area contributed by atoms with E-state index >= 15 is 0 Å². The summed E-state index contributed by atoms with van der Waals surface area (Å²) in [5.74, 6) is 0. The van der Waals surface area contributed by atoms with Gasteiger partial charge in [0.2, 0.25) is 0 Å². The van der Waals surface area contributed by atoms with Crippen molar-refractivity contribution in [3.8, 4) is 20.9 Å². The molecule has 112 valence electrons. The van der Waals surface area contributed by atoms with Crippen molar-refractivity contribution in [2.45, 2.75) is 25.1 Å². The Labute approximate surface area is 143 Å². The van der Waals surface area contributed by atoms with E-state index in [2.05, 4.69) is 73.7 Å². The minimum atomic E-state index is 0.574. The molecule has 0 saturated carbocycles. The minimum absolute atomic E-state index is 0.574. The summed E-state index contributed by atoms with van der Waals surface area (Å²) < 4.78 is 1.57. The van der Waals surface area contributed by atoms with E-state index < -0.39 is 0 Å². The maximum absolute atomic E-state index is 2.43. The molecule has 3 aromatic rings. The van der Waals surface area contributed by atoms with Crippen molar-refractivity contribution >= 4 is 30.8 Å². The third-order valence-electron chi connectivity index (χ3n) is 3.55. The van der Waals surface area contributed by atoms with Gasteiger partial charge in [-0.1, -0.05) is 0 Å². The predicted molar refractivity (Wildman–Crippen MR) is 100 cm³/mol. The van der Waals surface area contributed by atoms with Crippen molar-refractivity contribution in [2.24, 2.45) is 0 Å². The van der Waals surface area contributed by atoms with Crippen LogP contribution in [-0.2, 0) is 0 Å². The van der Waals surface area contributed by atoms with Gasteiger partial charge in [-0.25, -0.2) is 0 Å². The molecule has 3 rings (SSSR count). The standard InChI is InChI=1S/C20H20SSe/c1-2-3-14-22-19-15-18(16-10-6-4-7-11-16)21-20(19)17-12-8-5-9-13-17/h4-13,15H,2-3,14H2,1H3. The van der Waals surface area contributed by atoms with Gasteiger partial charge in [0.05, 0.1) is 0 Å². The van der Waals surface area contributed by atoms with Crippen LogP contribution in [0.1, 0.15) is 19.8 Å². The average molecular weight is 371 g/mol. The van der Waals surface area contributed by atoms with E-state index in [1.54, 1.807) is 4.46 Å². The Hall–Kier alpha value is -1.34. The first-order valence-corrected chi connectivity index (χ1v) is 10.6. The van der Waals surface area contributed by atoms with Crippen LogP contribution in [-0.4, -0.2) is 15.0 Å². The Kier molecular flexibility index (Phi) is 5.50. The number of rotatable bonds is 6. The van der Waals surface area contributed by atoms with Gasteiger partial charge in [-0.05, 0) is 0 Å². The number of thiophene rings is 1. The first-order chi connectivity index (χ1) is 10.9. The topological polar surface area (TPSA) is 0 Å². The molecule has 1 aromatic heterocycles. The summed E-state index contributed by atoms with van der Waals surface area (Å²) in [4.78, 5) is 2.86. The Balaban J connectivity index is 1.97. The molecule has 2 aromatic carbocycles. The van der Waals surface area contributed by atoms with Crippen molar-refractivity contribution in [3.63, 3.8) is 0 Å². The third-order valence-corrected chi connectivity index (χ3v) is 7.43. The van der Waals surface area contributed by atoms with Gasteiger partial charge < -0.3 is 0 Å². The zero-order chi connectivity index (χ0) is 15.2. The summed E-state index contributed by atoms with van der Waals surface area (Å²) in [6.45, 7) is 2.28. The van der Waals surface area contributed by atoms with E-state index in [0.717, 1.165) is 0 Å². The molecule has 1 heterocycles. The van der Waals surface area contributed by atoms with Crippen LogP contribution in [0.15, 0.2) is 66.7 Å². The molecule has 0 bridgehead atoms. The molecule has 0 aliphatic heterocycles. The summed E-state index contributed by atoms with van der Waals surface area (Å²) in [7, 11) is 0.